The van der Waals surface area contributed by atoms with Crippen LogP contribution in [0.4, 0.5) is 0 Å². The molecule has 5 rings (SSSR count). The lowest BCUT2D eigenvalue weighted by Gasteiger charge is -2.38. The normalized spacial score (nSPS) is 16.1. The second kappa shape index (κ2) is 9.48. The van der Waals surface area contributed by atoms with E-state index in [2.05, 4.69) is 25.2 Å². The smallest absolute Gasteiger partial charge is 0.269 e. The molecule has 8 nitrogen and oxygen atoms in total. The van der Waals surface area contributed by atoms with Gasteiger partial charge in [-0.2, -0.15) is 0 Å². The van der Waals surface area contributed by atoms with Gasteiger partial charge in [0, 0.05) is 38.4 Å². The number of aromatic amines is 1. The van der Waals surface area contributed by atoms with E-state index in [0.717, 1.165) is 54.6 Å². The standard InChI is InChI=1S/C22H23N5O3.C2H6/c1-23-22(29)18-5-4-15(9-25-18)30-16-11-27(12-16)10-13-6-20-19(24-8-13)7-17(14-2-3-14)21(28)26-20;1-2/h4-9,14,16H,2-3,10-12H2,1H3,(H,23,29)(H,26,28);1-2H3. The number of carbonyl (C=O) groups is 1. The molecular formula is C24H29N5O3. The van der Waals surface area contributed by atoms with Gasteiger partial charge in [-0.3, -0.25) is 19.5 Å². The molecule has 3 aromatic heterocycles. The fraction of sp³-hybridized carbons (Fsp3) is 0.417. The van der Waals surface area contributed by atoms with Gasteiger partial charge in [0.25, 0.3) is 11.5 Å². The van der Waals surface area contributed by atoms with Crippen molar-refractivity contribution in [2.45, 2.75) is 45.3 Å². The lowest BCUT2D eigenvalue weighted by Crippen LogP contribution is -2.53. The summed E-state index contributed by atoms with van der Waals surface area (Å²) in [4.78, 5) is 37.7. The van der Waals surface area contributed by atoms with Crippen molar-refractivity contribution in [1.29, 1.82) is 0 Å². The highest BCUT2D eigenvalue weighted by Gasteiger charge is 2.29. The Morgan fingerprint density at radius 3 is 2.62 bits per heavy atom. The van der Waals surface area contributed by atoms with E-state index in [4.69, 9.17) is 4.74 Å². The number of carbonyl (C=O) groups excluding carboxylic acids is 1. The predicted molar refractivity (Wildman–Crippen MR) is 123 cm³/mol. The fourth-order valence-corrected chi connectivity index (χ4v) is 3.81. The van der Waals surface area contributed by atoms with Crippen molar-refractivity contribution >= 4 is 16.9 Å². The third-order valence-electron chi connectivity index (χ3n) is 5.62. The van der Waals surface area contributed by atoms with Gasteiger partial charge in [-0.15, -0.1) is 0 Å². The van der Waals surface area contributed by atoms with Crippen molar-refractivity contribution in [2.75, 3.05) is 20.1 Å². The maximum atomic E-state index is 12.3. The minimum absolute atomic E-state index is 0.0115. The Labute approximate surface area is 187 Å². The van der Waals surface area contributed by atoms with Gasteiger partial charge in [0.15, 0.2) is 0 Å². The first-order valence-electron chi connectivity index (χ1n) is 11.2. The van der Waals surface area contributed by atoms with Crippen molar-refractivity contribution in [2.24, 2.45) is 0 Å². The molecule has 168 valence electrons. The molecule has 2 N–H and O–H groups in total. The van der Waals surface area contributed by atoms with Crippen LogP contribution in [0.25, 0.3) is 11.0 Å². The molecule has 1 saturated carbocycles. The predicted octanol–water partition coefficient (Wildman–Crippen LogP) is 2.84. The number of aromatic nitrogens is 3. The second-order valence-electron chi connectivity index (χ2n) is 8.00. The van der Waals surface area contributed by atoms with Crippen LogP contribution >= 0.6 is 0 Å². The van der Waals surface area contributed by atoms with Crippen LogP contribution in [0.1, 0.15) is 54.2 Å². The van der Waals surface area contributed by atoms with Gasteiger partial charge in [0.2, 0.25) is 0 Å². The number of hydrogen-bond acceptors (Lipinski definition) is 6. The number of likely N-dealkylation sites (tertiary alicyclic amines) is 1. The van der Waals surface area contributed by atoms with Gasteiger partial charge in [-0.05, 0) is 48.6 Å². The molecule has 1 amide bonds. The van der Waals surface area contributed by atoms with Crippen molar-refractivity contribution in [1.82, 2.24) is 25.2 Å². The zero-order chi connectivity index (χ0) is 22.7. The van der Waals surface area contributed by atoms with Gasteiger partial charge < -0.3 is 15.0 Å². The molecule has 2 fully saturated rings. The van der Waals surface area contributed by atoms with Crippen LogP contribution in [0.5, 0.6) is 5.75 Å². The number of H-pyrrole nitrogens is 1. The Kier molecular flexibility index (Phi) is 6.50. The molecule has 4 heterocycles. The Bertz CT molecular complexity index is 1150. The van der Waals surface area contributed by atoms with Gasteiger partial charge in [0.05, 0.1) is 17.2 Å². The van der Waals surface area contributed by atoms with Crippen molar-refractivity contribution in [3.63, 3.8) is 0 Å². The van der Waals surface area contributed by atoms with Crippen LogP contribution in [-0.2, 0) is 6.54 Å². The zero-order valence-electron chi connectivity index (χ0n) is 18.7. The van der Waals surface area contributed by atoms with E-state index in [1.165, 1.54) is 0 Å². The first-order valence-corrected chi connectivity index (χ1v) is 11.2. The van der Waals surface area contributed by atoms with Crippen LogP contribution in [-0.4, -0.2) is 52.0 Å². The highest BCUT2D eigenvalue weighted by molar-refractivity contribution is 5.92. The van der Waals surface area contributed by atoms with Gasteiger partial charge in [0.1, 0.15) is 17.5 Å². The van der Waals surface area contributed by atoms with Crippen molar-refractivity contribution in [3.8, 4) is 5.75 Å². The Morgan fingerprint density at radius 2 is 1.97 bits per heavy atom. The van der Waals surface area contributed by atoms with E-state index < -0.39 is 0 Å². The number of rotatable bonds is 6. The SMILES string of the molecule is CC.CNC(=O)c1ccc(OC2CN(Cc3cnc4cc(C5CC5)c(=O)[nH]c4c3)C2)cn1. The third kappa shape index (κ3) is 4.80. The molecule has 8 heteroatoms. The first-order chi connectivity index (χ1) is 15.6. The van der Waals surface area contributed by atoms with E-state index >= 15 is 0 Å². The maximum Gasteiger partial charge on any atom is 0.269 e. The quantitative estimate of drug-likeness (QED) is 0.618. The third-order valence-corrected chi connectivity index (χ3v) is 5.62. The van der Waals surface area contributed by atoms with E-state index in [-0.39, 0.29) is 17.6 Å². The minimum atomic E-state index is -0.217. The van der Waals surface area contributed by atoms with Crippen molar-refractivity contribution in [3.05, 3.63) is 63.8 Å². The molecule has 0 spiro atoms. The summed E-state index contributed by atoms with van der Waals surface area (Å²) in [7, 11) is 1.57. The summed E-state index contributed by atoms with van der Waals surface area (Å²) in [6.45, 7) is 6.35. The Hall–Kier alpha value is -3.26. The number of ether oxygens (including phenoxy) is 1. The monoisotopic (exact) mass is 435 g/mol. The molecule has 0 aromatic carbocycles. The summed E-state index contributed by atoms with van der Waals surface area (Å²) >= 11 is 0. The summed E-state index contributed by atoms with van der Waals surface area (Å²) in [5.41, 5.74) is 3.94. The summed E-state index contributed by atoms with van der Waals surface area (Å²) in [6.07, 6.45) is 5.74. The lowest BCUT2D eigenvalue weighted by molar-refractivity contribution is 0.0143. The molecule has 0 atom stereocenters. The molecule has 1 aliphatic carbocycles. The highest BCUT2D eigenvalue weighted by Crippen LogP contribution is 2.38. The number of hydrogen-bond donors (Lipinski definition) is 2. The van der Waals surface area contributed by atoms with Crippen LogP contribution in [0.2, 0.25) is 0 Å². The van der Waals surface area contributed by atoms with Crippen LogP contribution in [0, 0.1) is 0 Å². The van der Waals surface area contributed by atoms with Crippen molar-refractivity contribution < 1.29 is 9.53 Å². The topological polar surface area (TPSA) is 100 Å². The number of amides is 1. The molecule has 0 bridgehead atoms. The van der Waals surface area contributed by atoms with Crippen LogP contribution in [0.15, 0.2) is 41.5 Å². The molecule has 0 unspecified atom stereocenters. The summed E-state index contributed by atoms with van der Waals surface area (Å²) in [5, 5.41) is 2.54. The van der Waals surface area contributed by atoms with Gasteiger partial charge >= 0.3 is 0 Å². The average molecular weight is 436 g/mol. The summed E-state index contributed by atoms with van der Waals surface area (Å²) in [6, 6.07) is 7.36. The number of fused-ring (bicyclic) bond motifs is 1. The van der Waals surface area contributed by atoms with Gasteiger partial charge in [-0.1, -0.05) is 13.8 Å². The van der Waals surface area contributed by atoms with Crippen LogP contribution < -0.4 is 15.6 Å². The number of nitrogens with zero attached hydrogens (tertiary/aromatic N) is 3. The molecule has 0 radical (unpaired) electrons. The molecule has 1 aliphatic heterocycles. The zero-order valence-corrected chi connectivity index (χ0v) is 18.7. The summed E-state index contributed by atoms with van der Waals surface area (Å²) in [5.74, 6) is 0.849. The van der Waals surface area contributed by atoms with Gasteiger partial charge in [-0.25, -0.2) is 4.98 Å². The second-order valence-corrected chi connectivity index (χ2v) is 8.00. The van der Waals surface area contributed by atoms with Crippen LogP contribution in [0.3, 0.4) is 0 Å². The largest absolute Gasteiger partial charge is 0.486 e. The summed E-state index contributed by atoms with van der Waals surface area (Å²) < 4.78 is 5.92. The van der Waals surface area contributed by atoms with E-state index in [9.17, 15) is 9.59 Å². The molecule has 3 aromatic rings. The number of pyridine rings is 3. The first kappa shape index (κ1) is 22.0. The molecule has 1 saturated heterocycles. The van der Waals surface area contributed by atoms with E-state index in [1.54, 1.807) is 25.4 Å². The Balaban J connectivity index is 0.00000119. The molecule has 2 aliphatic rings. The van der Waals surface area contributed by atoms with E-state index in [0.29, 0.717) is 17.4 Å². The lowest BCUT2D eigenvalue weighted by atomic mass is 10.1. The molecule has 32 heavy (non-hydrogen) atoms. The number of nitrogens with one attached hydrogen (secondary N) is 2. The average Bonchev–Trinajstić information content (AvgIpc) is 3.63. The highest BCUT2D eigenvalue weighted by atomic mass is 16.5. The maximum absolute atomic E-state index is 12.3. The van der Waals surface area contributed by atoms with E-state index in [1.807, 2.05) is 32.2 Å². The Morgan fingerprint density at radius 1 is 1.19 bits per heavy atom. The fourth-order valence-electron chi connectivity index (χ4n) is 3.81. The molecular weight excluding hydrogens is 406 g/mol. The minimum Gasteiger partial charge on any atom is -0.486 e.